The number of hydrogen-bond acceptors (Lipinski definition) is 5. The molecule has 0 bridgehead atoms. The molecule has 1 unspecified atom stereocenters. The van der Waals surface area contributed by atoms with Crippen LogP contribution in [0.15, 0.2) is 48.5 Å². The van der Waals surface area contributed by atoms with Crippen molar-refractivity contribution < 1.29 is 19.3 Å². The van der Waals surface area contributed by atoms with E-state index in [1.54, 1.807) is 12.1 Å². The fraction of sp³-hybridized carbons (Fsp3) is 0.368. The van der Waals surface area contributed by atoms with Gasteiger partial charge in [-0.15, -0.1) is 0 Å². The summed E-state index contributed by atoms with van der Waals surface area (Å²) in [5.41, 5.74) is 0. The molecule has 5 nitrogen and oxygen atoms in total. The Morgan fingerprint density at radius 3 is 2.52 bits per heavy atom. The van der Waals surface area contributed by atoms with Crippen molar-refractivity contribution in [1.82, 2.24) is 4.90 Å². The Hall–Kier alpha value is -1.95. The molecule has 6 heteroatoms. The number of nitrogens with zero attached hydrogens (tertiary/aromatic N) is 1. The van der Waals surface area contributed by atoms with Crippen molar-refractivity contribution in [2.75, 3.05) is 26.2 Å². The minimum atomic E-state index is -0.632. The second-order valence-electron chi connectivity index (χ2n) is 6.44. The Bertz CT molecular complexity index is 729. The second kappa shape index (κ2) is 6.75. The van der Waals surface area contributed by atoms with Gasteiger partial charge in [-0.25, -0.2) is 0 Å². The van der Waals surface area contributed by atoms with Gasteiger partial charge in [0.1, 0.15) is 18.5 Å². The molecule has 2 heterocycles. The fourth-order valence-electron chi connectivity index (χ4n) is 3.29. The first-order valence-corrected chi connectivity index (χ1v) is 8.76. The van der Waals surface area contributed by atoms with Gasteiger partial charge in [0.2, 0.25) is 0 Å². The Balaban J connectivity index is 1.29. The lowest BCUT2D eigenvalue weighted by Gasteiger charge is -2.24. The maximum Gasteiger partial charge on any atom is 0.265 e. The van der Waals surface area contributed by atoms with E-state index >= 15 is 0 Å². The van der Waals surface area contributed by atoms with E-state index < -0.39 is 11.9 Å². The molecule has 1 spiro atoms. The third kappa shape index (κ3) is 3.54. The summed E-state index contributed by atoms with van der Waals surface area (Å²) in [5, 5.41) is 10.8. The summed E-state index contributed by atoms with van der Waals surface area (Å²) in [5.74, 6) is 1.52. The SMILES string of the molecule is OC(COc1ccccc1Cl)CN1CCC2(C1)Oc1ccccc1O2. The molecule has 2 aromatic rings. The summed E-state index contributed by atoms with van der Waals surface area (Å²) in [7, 11) is 0. The molecule has 4 rings (SSSR count). The first kappa shape index (κ1) is 16.5. The molecule has 0 amide bonds. The third-order valence-corrected chi connectivity index (χ3v) is 4.76. The van der Waals surface area contributed by atoms with Gasteiger partial charge in [0, 0.05) is 19.5 Å². The molecule has 1 fully saturated rings. The summed E-state index contributed by atoms with van der Waals surface area (Å²) in [6.45, 7) is 2.10. The van der Waals surface area contributed by atoms with Gasteiger partial charge in [-0.1, -0.05) is 35.9 Å². The highest BCUT2D eigenvalue weighted by molar-refractivity contribution is 6.32. The Morgan fingerprint density at radius 2 is 1.80 bits per heavy atom. The number of benzene rings is 2. The average molecular weight is 362 g/mol. The van der Waals surface area contributed by atoms with Crippen LogP contribution in [0.25, 0.3) is 0 Å². The number of likely N-dealkylation sites (tertiary alicyclic amines) is 1. The van der Waals surface area contributed by atoms with E-state index in [1.807, 2.05) is 36.4 Å². The predicted octanol–water partition coefficient (Wildman–Crippen LogP) is 2.95. The van der Waals surface area contributed by atoms with Crippen LogP contribution in [-0.4, -0.2) is 48.1 Å². The smallest absolute Gasteiger partial charge is 0.265 e. The van der Waals surface area contributed by atoms with Gasteiger partial charge in [0.25, 0.3) is 5.79 Å². The largest absolute Gasteiger partial charge is 0.489 e. The lowest BCUT2D eigenvalue weighted by molar-refractivity contribution is -0.0695. The monoisotopic (exact) mass is 361 g/mol. The maximum atomic E-state index is 10.3. The van der Waals surface area contributed by atoms with Crippen LogP contribution in [0.1, 0.15) is 6.42 Å². The summed E-state index contributed by atoms with van der Waals surface area (Å²) in [6, 6.07) is 14.9. The van der Waals surface area contributed by atoms with Gasteiger partial charge in [-0.3, -0.25) is 4.90 Å². The standard InChI is InChI=1S/C19H20ClNO4/c20-15-5-1-2-6-16(15)23-12-14(22)11-21-10-9-19(13-21)24-17-7-3-4-8-18(17)25-19/h1-8,14,22H,9-13H2. The molecule has 2 aliphatic heterocycles. The molecule has 0 aliphatic carbocycles. The van der Waals surface area contributed by atoms with Crippen molar-refractivity contribution in [1.29, 1.82) is 0 Å². The fourth-order valence-corrected chi connectivity index (χ4v) is 3.48. The van der Waals surface area contributed by atoms with E-state index in [4.69, 9.17) is 25.8 Å². The Kier molecular flexibility index (Phi) is 4.46. The molecule has 132 valence electrons. The van der Waals surface area contributed by atoms with Gasteiger partial charge < -0.3 is 19.3 Å². The zero-order chi connectivity index (χ0) is 17.3. The van der Waals surface area contributed by atoms with Crippen LogP contribution in [-0.2, 0) is 0 Å². The highest BCUT2D eigenvalue weighted by Crippen LogP contribution is 2.42. The number of para-hydroxylation sites is 3. The molecule has 1 saturated heterocycles. The van der Waals surface area contributed by atoms with Crippen LogP contribution in [0, 0.1) is 0 Å². The number of aliphatic hydroxyl groups is 1. The second-order valence-corrected chi connectivity index (χ2v) is 6.85. The topological polar surface area (TPSA) is 51.2 Å². The van der Waals surface area contributed by atoms with Crippen LogP contribution < -0.4 is 14.2 Å². The van der Waals surface area contributed by atoms with Crippen molar-refractivity contribution in [3.05, 3.63) is 53.6 Å². The zero-order valence-corrected chi connectivity index (χ0v) is 14.5. The molecule has 0 saturated carbocycles. The van der Waals surface area contributed by atoms with Gasteiger partial charge in [-0.05, 0) is 24.3 Å². The molecule has 1 N–H and O–H groups in total. The predicted molar refractivity (Wildman–Crippen MR) is 94.4 cm³/mol. The lowest BCUT2D eigenvalue weighted by atomic mass is 10.2. The number of aliphatic hydroxyl groups excluding tert-OH is 1. The molecular weight excluding hydrogens is 342 g/mol. The van der Waals surface area contributed by atoms with Crippen LogP contribution in [0.5, 0.6) is 17.2 Å². The minimum Gasteiger partial charge on any atom is -0.489 e. The van der Waals surface area contributed by atoms with Crippen molar-refractivity contribution in [2.24, 2.45) is 0 Å². The average Bonchev–Trinajstić information content (AvgIpc) is 3.16. The van der Waals surface area contributed by atoms with Gasteiger partial charge in [0.15, 0.2) is 11.5 Å². The van der Waals surface area contributed by atoms with Gasteiger partial charge >= 0.3 is 0 Å². The van der Waals surface area contributed by atoms with Crippen LogP contribution in [0.2, 0.25) is 5.02 Å². The van der Waals surface area contributed by atoms with E-state index in [2.05, 4.69) is 4.90 Å². The zero-order valence-electron chi connectivity index (χ0n) is 13.7. The number of hydrogen-bond donors (Lipinski definition) is 1. The number of fused-ring (bicyclic) bond motifs is 1. The molecule has 0 aromatic heterocycles. The normalized spacial score (nSPS) is 19.3. The molecule has 2 aromatic carbocycles. The Labute approximate surface area is 151 Å². The highest BCUT2D eigenvalue weighted by Gasteiger charge is 2.47. The Morgan fingerprint density at radius 1 is 1.12 bits per heavy atom. The summed E-state index contributed by atoms with van der Waals surface area (Å²) in [4.78, 5) is 2.13. The first-order chi connectivity index (χ1) is 12.1. The van der Waals surface area contributed by atoms with E-state index in [9.17, 15) is 5.11 Å². The van der Waals surface area contributed by atoms with Gasteiger partial charge in [-0.2, -0.15) is 0 Å². The quantitative estimate of drug-likeness (QED) is 0.887. The molecule has 0 radical (unpaired) electrons. The summed E-state index contributed by atoms with van der Waals surface area (Å²) < 4.78 is 17.6. The van der Waals surface area contributed by atoms with Crippen LogP contribution >= 0.6 is 11.6 Å². The summed E-state index contributed by atoms with van der Waals surface area (Å²) >= 11 is 6.05. The van der Waals surface area contributed by atoms with Crippen LogP contribution in [0.3, 0.4) is 0 Å². The number of ether oxygens (including phenoxy) is 3. The highest BCUT2D eigenvalue weighted by atomic mass is 35.5. The van der Waals surface area contributed by atoms with E-state index in [1.165, 1.54) is 0 Å². The molecular formula is C19H20ClNO4. The lowest BCUT2D eigenvalue weighted by Crippen LogP contribution is -2.43. The number of halogens is 1. The van der Waals surface area contributed by atoms with E-state index in [0.717, 1.165) is 24.5 Å². The van der Waals surface area contributed by atoms with Crippen molar-refractivity contribution >= 4 is 11.6 Å². The molecule has 25 heavy (non-hydrogen) atoms. The molecule has 2 aliphatic rings. The van der Waals surface area contributed by atoms with E-state index in [0.29, 0.717) is 23.9 Å². The maximum absolute atomic E-state index is 10.3. The van der Waals surface area contributed by atoms with Crippen molar-refractivity contribution in [2.45, 2.75) is 18.3 Å². The minimum absolute atomic E-state index is 0.190. The van der Waals surface area contributed by atoms with Crippen LogP contribution in [0.4, 0.5) is 0 Å². The number of rotatable bonds is 5. The third-order valence-electron chi connectivity index (χ3n) is 4.45. The van der Waals surface area contributed by atoms with Gasteiger partial charge in [0.05, 0.1) is 11.6 Å². The number of β-amino-alcohol motifs (C(OH)–C–C–N with tert-alkyl or cyclic N) is 1. The van der Waals surface area contributed by atoms with E-state index in [-0.39, 0.29) is 6.61 Å². The molecule has 1 atom stereocenters. The summed E-state index contributed by atoms with van der Waals surface area (Å²) in [6.07, 6.45) is 0.148. The van der Waals surface area contributed by atoms with Crippen molar-refractivity contribution in [3.8, 4) is 17.2 Å². The van der Waals surface area contributed by atoms with Crippen molar-refractivity contribution in [3.63, 3.8) is 0 Å². The first-order valence-electron chi connectivity index (χ1n) is 8.38.